The highest BCUT2D eigenvalue weighted by atomic mass is 19.4. The summed E-state index contributed by atoms with van der Waals surface area (Å²) in [6.07, 6.45) is 8.29. The summed E-state index contributed by atoms with van der Waals surface area (Å²) in [4.78, 5) is 42.8. The van der Waals surface area contributed by atoms with Gasteiger partial charge in [-0.05, 0) is 280 Å². The monoisotopic (exact) mass is 1790 g/mol. The lowest BCUT2D eigenvalue weighted by Crippen LogP contribution is -2.06. The van der Waals surface area contributed by atoms with E-state index in [1.54, 1.807) is 36.7 Å². The summed E-state index contributed by atoms with van der Waals surface area (Å²) >= 11 is 0. The molecule has 0 atom stereocenters. The van der Waals surface area contributed by atoms with Gasteiger partial charge in [0.1, 0.15) is 5.65 Å². The lowest BCUT2D eigenvalue weighted by atomic mass is 9.94. The van der Waals surface area contributed by atoms with Crippen molar-refractivity contribution in [1.82, 2.24) is 58.6 Å². The van der Waals surface area contributed by atoms with Gasteiger partial charge in [-0.1, -0.05) is 243 Å². The standard InChI is InChI=1S/C42H25F3N4.2C41H26N4/c43-42(44,45)36-23-27-8-1-2-9-31(27)32-19-16-28(22-35(32)36)38-24-29(25-39(48-38)37-12-5-6-20-46-37)26-14-17-30(18-15-26)49-40-13-4-3-10-33(40)34-11-7-21-47-41(34)49;1-2-9-33-27(8-1)14-15-30-24-29(18-21-34(30)33)31-25-37(44-38(26-31)36-11-5-6-22-42-36)28-16-19-32(20-17-28)45-39-12-4-3-10-35(39)41-40(45)13-7-23-43-41;1-2-8-33-27(7-1)12-13-30-23-29(16-19-34(30)33)31-24-38(44-39(25-31)37-10-5-6-21-43-37)28-14-17-32(18-15-28)45-40-11-4-3-9-35(40)36-26-42-22-20-41(36)45/h1-25H;2*1-26H. The molecule has 0 saturated heterocycles. The summed E-state index contributed by atoms with van der Waals surface area (Å²) in [7, 11) is 0. The van der Waals surface area contributed by atoms with Crippen molar-refractivity contribution < 1.29 is 13.2 Å². The van der Waals surface area contributed by atoms with Crippen LogP contribution in [0.4, 0.5) is 13.2 Å². The van der Waals surface area contributed by atoms with Crippen LogP contribution in [-0.2, 0) is 6.18 Å². The number of fused-ring (bicyclic) bond motifs is 18. The first kappa shape index (κ1) is 82.3. The fourth-order valence-electron chi connectivity index (χ4n) is 19.9. The molecule has 12 heterocycles. The molecule has 0 aliphatic heterocycles. The third kappa shape index (κ3) is 15.2. The Labute approximate surface area is 795 Å². The second-order valence-corrected chi connectivity index (χ2v) is 34.7. The number of nitrogens with zero attached hydrogens (tertiary/aromatic N) is 12. The van der Waals surface area contributed by atoms with Crippen LogP contribution in [-0.4, -0.2) is 58.6 Å². The molecule has 15 aromatic carbocycles. The first-order valence-electron chi connectivity index (χ1n) is 46.0. The molecule has 654 valence electrons. The summed E-state index contributed by atoms with van der Waals surface area (Å²) in [6.45, 7) is 0. The Balaban J connectivity index is 0.000000110. The average molecular weight is 1790 g/mol. The molecule has 12 nitrogen and oxygen atoms in total. The fourth-order valence-corrected chi connectivity index (χ4v) is 19.9. The topological polar surface area (TPSA) is 131 Å². The fraction of sp³-hybridized carbons (Fsp3) is 0.00806. The Morgan fingerprint density at radius 2 is 0.547 bits per heavy atom. The van der Waals surface area contributed by atoms with E-state index in [0.29, 0.717) is 33.4 Å². The van der Waals surface area contributed by atoms with E-state index in [-0.39, 0.29) is 5.39 Å². The highest BCUT2D eigenvalue weighted by Gasteiger charge is 2.34. The predicted molar refractivity (Wildman–Crippen MR) is 561 cm³/mol. The number of hydrogen-bond acceptors (Lipinski definition) is 9. The summed E-state index contributed by atoms with van der Waals surface area (Å²) < 4.78 is 50.0. The van der Waals surface area contributed by atoms with Crippen LogP contribution >= 0.6 is 0 Å². The maximum atomic E-state index is 14.4. The SMILES string of the molecule is FC(F)(F)c1cc2ccccc2c2ccc(-c3cc(-c4ccc(-n5c6ccccc6c6cccnc65)cc4)cc(-c4ccccn4)n3)cc12.c1ccc(-c2cc(-c3ccc4c(ccc5ccccc54)c3)cc(-c3ccc(-n4c5ccccc5c5cnccc54)cc3)n2)nc1.c1ccc(-c2cc(-c3ccc4c(ccc5ccccc54)c3)cc(-c3ccc(-n4c5ccccc5c5ncccc54)cc3)n2)nc1. The molecule has 27 rings (SSSR count). The Morgan fingerprint density at radius 3 is 1.09 bits per heavy atom. The zero-order valence-electron chi connectivity index (χ0n) is 74.5. The van der Waals surface area contributed by atoms with E-state index >= 15 is 0 Å². The smallest absolute Gasteiger partial charge is 0.309 e. The lowest BCUT2D eigenvalue weighted by Gasteiger charge is -2.15. The van der Waals surface area contributed by atoms with Crippen molar-refractivity contribution in [2.45, 2.75) is 6.18 Å². The van der Waals surface area contributed by atoms with Crippen molar-refractivity contribution in [3.63, 3.8) is 0 Å². The van der Waals surface area contributed by atoms with Crippen molar-refractivity contribution in [3.05, 3.63) is 474 Å². The lowest BCUT2D eigenvalue weighted by molar-refractivity contribution is -0.136. The Bertz CT molecular complexity index is 8980. The molecule has 12 aromatic heterocycles. The highest BCUT2D eigenvalue weighted by Crippen LogP contribution is 2.45. The molecular formula is C124H77F3N12. The number of benzene rings is 15. The number of alkyl halides is 3. The van der Waals surface area contributed by atoms with E-state index in [4.69, 9.17) is 24.9 Å². The maximum Gasteiger partial charge on any atom is 0.417 e. The second kappa shape index (κ2) is 34.5. The first-order valence-corrected chi connectivity index (χ1v) is 46.0. The van der Waals surface area contributed by atoms with Crippen LogP contribution in [0, 0.1) is 0 Å². The molecule has 0 N–H and O–H groups in total. The number of pyridine rings is 9. The minimum Gasteiger partial charge on any atom is -0.309 e. The van der Waals surface area contributed by atoms with E-state index in [0.717, 1.165) is 161 Å². The molecular weight excluding hydrogens is 1710 g/mol. The highest BCUT2D eigenvalue weighted by molar-refractivity contribution is 6.14. The van der Waals surface area contributed by atoms with Crippen molar-refractivity contribution in [1.29, 1.82) is 0 Å². The molecule has 0 bridgehead atoms. The van der Waals surface area contributed by atoms with E-state index in [2.05, 4.69) is 319 Å². The quantitative estimate of drug-likeness (QED) is 0.110. The maximum absolute atomic E-state index is 14.4. The van der Waals surface area contributed by atoms with Crippen molar-refractivity contribution >= 4 is 130 Å². The van der Waals surface area contributed by atoms with Crippen LogP contribution in [0.25, 0.3) is 249 Å². The predicted octanol–water partition coefficient (Wildman–Crippen LogP) is 31.8. The van der Waals surface area contributed by atoms with Crippen molar-refractivity contribution in [2.75, 3.05) is 0 Å². The molecule has 0 radical (unpaired) electrons. The van der Waals surface area contributed by atoms with Crippen LogP contribution in [0.1, 0.15) is 5.56 Å². The Kier molecular flexibility index (Phi) is 20.4. The van der Waals surface area contributed by atoms with Gasteiger partial charge in [-0.3, -0.25) is 29.5 Å². The Morgan fingerprint density at radius 1 is 0.187 bits per heavy atom. The third-order valence-corrected chi connectivity index (χ3v) is 26.5. The van der Waals surface area contributed by atoms with Crippen LogP contribution in [0.5, 0.6) is 0 Å². The van der Waals surface area contributed by atoms with Gasteiger partial charge >= 0.3 is 6.18 Å². The average Bonchev–Trinajstić information content (AvgIpc) is 1.74. The number of halogens is 3. The summed E-state index contributed by atoms with van der Waals surface area (Å²) in [5, 5.41) is 17.7. The summed E-state index contributed by atoms with van der Waals surface area (Å²) in [5.41, 5.74) is 26.0. The van der Waals surface area contributed by atoms with Gasteiger partial charge in [-0.25, -0.2) is 19.9 Å². The first-order chi connectivity index (χ1) is 68.5. The van der Waals surface area contributed by atoms with Crippen molar-refractivity contribution in [2.24, 2.45) is 0 Å². The molecule has 0 unspecified atom stereocenters. The molecule has 139 heavy (non-hydrogen) atoms. The number of rotatable bonds is 12. The van der Waals surface area contributed by atoms with Crippen molar-refractivity contribution in [3.8, 4) is 118 Å². The van der Waals surface area contributed by atoms with E-state index in [1.807, 2.05) is 140 Å². The van der Waals surface area contributed by atoms with Gasteiger partial charge in [-0.15, -0.1) is 0 Å². The van der Waals surface area contributed by atoms with Gasteiger partial charge in [0.2, 0.25) is 0 Å². The van der Waals surface area contributed by atoms with Crippen LogP contribution in [0.3, 0.4) is 0 Å². The van der Waals surface area contributed by atoms with Crippen LogP contribution in [0.15, 0.2) is 468 Å². The molecule has 0 aliphatic carbocycles. The zero-order chi connectivity index (χ0) is 92.6. The molecule has 0 spiro atoms. The molecule has 15 heteroatoms. The number of hydrogen-bond donors (Lipinski definition) is 0. The molecule has 0 fully saturated rings. The van der Waals surface area contributed by atoms with Crippen LogP contribution < -0.4 is 0 Å². The van der Waals surface area contributed by atoms with Gasteiger partial charge in [0, 0.05) is 104 Å². The van der Waals surface area contributed by atoms with E-state index < -0.39 is 11.7 Å². The minimum absolute atomic E-state index is 0.138. The largest absolute Gasteiger partial charge is 0.417 e. The molecule has 0 saturated carbocycles. The van der Waals surface area contributed by atoms with Gasteiger partial charge in [-0.2, -0.15) is 13.2 Å². The van der Waals surface area contributed by atoms with Gasteiger partial charge in [0.05, 0.1) is 89.9 Å². The van der Waals surface area contributed by atoms with E-state index in [1.165, 1.54) is 54.5 Å². The van der Waals surface area contributed by atoms with Gasteiger partial charge in [0.25, 0.3) is 0 Å². The third-order valence-electron chi connectivity index (χ3n) is 26.5. The zero-order valence-corrected chi connectivity index (χ0v) is 74.5. The normalized spacial score (nSPS) is 11.7. The molecule has 27 aromatic rings. The second-order valence-electron chi connectivity index (χ2n) is 34.7. The molecule has 0 amide bonds. The van der Waals surface area contributed by atoms with Crippen LogP contribution in [0.2, 0.25) is 0 Å². The van der Waals surface area contributed by atoms with Gasteiger partial charge in [0.15, 0.2) is 0 Å². The minimum atomic E-state index is -4.52. The number of para-hydroxylation sites is 3. The summed E-state index contributed by atoms with van der Waals surface area (Å²) in [6, 6.07) is 144. The summed E-state index contributed by atoms with van der Waals surface area (Å²) in [5.74, 6) is 0. The Hall–Kier alpha value is -18.6. The number of aromatic nitrogens is 12. The van der Waals surface area contributed by atoms with Gasteiger partial charge < -0.3 is 9.13 Å². The molecule has 0 aliphatic rings. The van der Waals surface area contributed by atoms with E-state index in [9.17, 15) is 13.2 Å².